The summed E-state index contributed by atoms with van der Waals surface area (Å²) >= 11 is 1.82. The summed E-state index contributed by atoms with van der Waals surface area (Å²) in [4.78, 5) is 30.1. The molecule has 1 aliphatic carbocycles. The van der Waals surface area contributed by atoms with E-state index >= 15 is 0 Å². The van der Waals surface area contributed by atoms with Crippen LogP contribution in [-0.2, 0) is 9.59 Å². The molecule has 2 N–H and O–H groups in total. The van der Waals surface area contributed by atoms with Crippen molar-refractivity contribution < 1.29 is 14.7 Å². The van der Waals surface area contributed by atoms with Crippen LogP contribution in [0, 0.1) is 5.41 Å². The highest BCUT2D eigenvalue weighted by Gasteiger charge is 2.57. The third-order valence-electron chi connectivity index (χ3n) is 7.15. The first-order chi connectivity index (χ1) is 16.2. The van der Waals surface area contributed by atoms with Crippen LogP contribution < -0.4 is 5.32 Å². The van der Waals surface area contributed by atoms with Crippen molar-refractivity contribution in [3.05, 3.63) is 65.2 Å². The highest BCUT2D eigenvalue weighted by Crippen LogP contribution is 2.48. The SMILES string of the molecule is CC(C)(C)C(=O)NC1(CC(=O)N2CCC(=C3c4ccccc4Sc4ccccc43)CC2)C[C@H]1O. The molecule has 0 radical (unpaired) electrons. The second-order valence-corrected chi connectivity index (χ2v) is 11.8. The quantitative estimate of drug-likeness (QED) is 0.578. The lowest BCUT2D eigenvalue weighted by molar-refractivity contribution is -0.134. The summed E-state index contributed by atoms with van der Waals surface area (Å²) in [6.07, 6.45) is 1.61. The first-order valence-corrected chi connectivity index (χ1v) is 12.9. The van der Waals surface area contributed by atoms with Gasteiger partial charge in [-0.2, -0.15) is 0 Å². The number of hydrogen-bond acceptors (Lipinski definition) is 4. The van der Waals surface area contributed by atoms with E-state index in [0.717, 1.165) is 12.8 Å². The van der Waals surface area contributed by atoms with Crippen LogP contribution in [0.5, 0.6) is 0 Å². The number of hydrogen-bond donors (Lipinski definition) is 2. The number of carbonyl (C=O) groups excluding carboxylic acids is 2. The Kier molecular flexibility index (Phi) is 5.85. The number of amides is 2. The summed E-state index contributed by atoms with van der Waals surface area (Å²) in [6, 6.07) is 17.1. The third kappa shape index (κ3) is 4.29. The van der Waals surface area contributed by atoms with Gasteiger partial charge in [-0.05, 0) is 41.7 Å². The van der Waals surface area contributed by atoms with Crippen molar-refractivity contribution in [3.63, 3.8) is 0 Å². The van der Waals surface area contributed by atoms with Crippen molar-refractivity contribution in [2.75, 3.05) is 13.1 Å². The molecule has 0 spiro atoms. The predicted octanol–water partition coefficient (Wildman–Crippen LogP) is 4.63. The number of carbonyl (C=O) groups is 2. The largest absolute Gasteiger partial charge is 0.391 e. The summed E-state index contributed by atoms with van der Waals surface area (Å²) in [5, 5.41) is 13.2. The fourth-order valence-corrected chi connectivity index (χ4v) is 5.98. The number of nitrogens with zero attached hydrogens (tertiary/aromatic N) is 1. The maximum absolute atomic E-state index is 13.2. The Hall–Kier alpha value is -2.57. The zero-order chi connectivity index (χ0) is 24.1. The van der Waals surface area contributed by atoms with E-state index < -0.39 is 17.1 Å². The zero-order valence-electron chi connectivity index (χ0n) is 20.1. The number of aliphatic hydroxyl groups excluding tert-OH is 1. The molecule has 34 heavy (non-hydrogen) atoms. The molecule has 2 amide bonds. The van der Waals surface area contributed by atoms with Crippen LogP contribution in [0.3, 0.4) is 0 Å². The van der Waals surface area contributed by atoms with E-state index in [2.05, 4.69) is 53.8 Å². The van der Waals surface area contributed by atoms with Crippen LogP contribution in [0.2, 0.25) is 0 Å². The molecule has 0 bridgehead atoms. The summed E-state index contributed by atoms with van der Waals surface area (Å²) < 4.78 is 0. The Balaban J connectivity index is 1.32. The molecule has 1 saturated carbocycles. The topological polar surface area (TPSA) is 69.6 Å². The number of piperidine rings is 1. The molecular weight excluding hydrogens is 444 g/mol. The van der Waals surface area contributed by atoms with E-state index in [1.165, 1.54) is 32.1 Å². The Morgan fingerprint density at radius 1 is 1.03 bits per heavy atom. The van der Waals surface area contributed by atoms with Crippen LogP contribution in [0.4, 0.5) is 0 Å². The van der Waals surface area contributed by atoms with Gasteiger partial charge in [-0.1, -0.05) is 74.5 Å². The molecule has 2 heterocycles. The van der Waals surface area contributed by atoms with Crippen LogP contribution in [-0.4, -0.2) is 46.6 Å². The highest BCUT2D eigenvalue weighted by molar-refractivity contribution is 7.99. The van der Waals surface area contributed by atoms with E-state index in [1.807, 2.05) is 37.4 Å². The molecule has 2 atom stereocenters. The third-order valence-corrected chi connectivity index (χ3v) is 8.30. The first-order valence-electron chi connectivity index (χ1n) is 12.1. The Bertz CT molecular complexity index is 1120. The Morgan fingerprint density at radius 3 is 2.06 bits per heavy atom. The van der Waals surface area contributed by atoms with E-state index in [4.69, 9.17) is 0 Å². The molecule has 2 fully saturated rings. The molecular formula is C28H32N2O3S. The van der Waals surface area contributed by atoms with Gasteiger partial charge < -0.3 is 15.3 Å². The first kappa shape index (κ1) is 23.2. The van der Waals surface area contributed by atoms with E-state index in [1.54, 1.807) is 0 Å². The van der Waals surface area contributed by atoms with Gasteiger partial charge in [0.25, 0.3) is 0 Å². The fourth-order valence-electron chi connectivity index (χ4n) is 4.89. The Morgan fingerprint density at radius 2 is 1.56 bits per heavy atom. The van der Waals surface area contributed by atoms with Crippen molar-refractivity contribution in [1.29, 1.82) is 0 Å². The molecule has 1 unspecified atom stereocenters. The van der Waals surface area contributed by atoms with Crippen molar-refractivity contribution in [2.45, 2.75) is 67.9 Å². The monoisotopic (exact) mass is 476 g/mol. The molecule has 1 saturated heterocycles. The normalized spacial score (nSPS) is 23.8. The number of rotatable bonds is 3. The van der Waals surface area contributed by atoms with Gasteiger partial charge in [0.05, 0.1) is 18.1 Å². The van der Waals surface area contributed by atoms with Gasteiger partial charge in [0, 0.05) is 34.7 Å². The standard InChI is InChI=1S/C28H32N2O3S/c1-27(2,3)26(33)29-28(16-23(28)31)17-24(32)30-14-12-18(13-15-30)25-19-8-4-6-10-21(19)34-22-11-7-5-9-20(22)25/h4-11,23,31H,12-17H2,1-3H3,(H,29,33)/t23-,28?/m1/s1. The van der Waals surface area contributed by atoms with Crippen LogP contribution in [0.1, 0.15) is 57.6 Å². The smallest absolute Gasteiger partial charge is 0.225 e. The molecule has 6 heteroatoms. The summed E-state index contributed by atoms with van der Waals surface area (Å²) in [5.41, 5.74) is 3.92. The lowest BCUT2D eigenvalue weighted by Gasteiger charge is -2.33. The fraction of sp³-hybridized carbons (Fsp3) is 0.429. The number of fused-ring (bicyclic) bond motifs is 2. The van der Waals surface area contributed by atoms with Gasteiger partial charge in [0.15, 0.2) is 0 Å². The Labute approximate surface area is 205 Å². The second kappa shape index (κ2) is 8.58. The minimum atomic E-state index is -0.807. The van der Waals surface area contributed by atoms with Crippen molar-refractivity contribution in [2.24, 2.45) is 5.41 Å². The zero-order valence-corrected chi connectivity index (χ0v) is 20.9. The van der Waals surface area contributed by atoms with E-state index in [0.29, 0.717) is 19.5 Å². The molecule has 178 valence electrons. The minimum Gasteiger partial charge on any atom is -0.391 e. The number of likely N-dealkylation sites (tertiary alicyclic amines) is 1. The van der Waals surface area contributed by atoms with Crippen LogP contribution in [0.15, 0.2) is 63.9 Å². The van der Waals surface area contributed by atoms with Gasteiger partial charge in [-0.3, -0.25) is 9.59 Å². The molecule has 5 rings (SSSR count). The molecule has 2 aromatic rings. The van der Waals surface area contributed by atoms with Crippen molar-refractivity contribution in [3.8, 4) is 0 Å². The maximum atomic E-state index is 13.2. The lowest BCUT2D eigenvalue weighted by atomic mass is 9.88. The molecule has 2 aromatic carbocycles. The molecule has 5 nitrogen and oxygen atoms in total. The second-order valence-electron chi connectivity index (χ2n) is 10.7. The minimum absolute atomic E-state index is 0.00908. The summed E-state index contributed by atoms with van der Waals surface area (Å²) in [7, 11) is 0. The van der Waals surface area contributed by atoms with E-state index in [9.17, 15) is 14.7 Å². The van der Waals surface area contributed by atoms with Gasteiger partial charge in [0.1, 0.15) is 0 Å². The lowest BCUT2D eigenvalue weighted by Crippen LogP contribution is -2.49. The average molecular weight is 477 g/mol. The van der Waals surface area contributed by atoms with Crippen LogP contribution in [0.25, 0.3) is 5.57 Å². The number of nitrogens with one attached hydrogen (secondary N) is 1. The number of aliphatic hydroxyl groups is 1. The van der Waals surface area contributed by atoms with Gasteiger partial charge in [0.2, 0.25) is 11.8 Å². The molecule has 2 aliphatic heterocycles. The highest BCUT2D eigenvalue weighted by atomic mass is 32.2. The summed E-state index contributed by atoms with van der Waals surface area (Å²) in [5.74, 6) is -0.121. The molecule has 3 aliphatic rings. The molecule has 0 aromatic heterocycles. The summed E-state index contributed by atoms with van der Waals surface area (Å²) in [6.45, 7) is 6.84. The van der Waals surface area contributed by atoms with Crippen LogP contribution >= 0.6 is 11.8 Å². The van der Waals surface area contributed by atoms with E-state index in [-0.39, 0.29) is 18.2 Å². The average Bonchev–Trinajstić information content (AvgIpc) is 3.44. The van der Waals surface area contributed by atoms with Gasteiger partial charge >= 0.3 is 0 Å². The maximum Gasteiger partial charge on any atom is 0.225 e. The van der Waals surface area contributed by atoms with Crippen molar-refractivity contribution >= 4 is 29.1 Å². The van der Waals surface area contributed by atoms with Crippen molar-refractivity contribution in [1.82, 2.24) is 10.2 Å². The predicted molar refractivity (Wildman–Crippen MR) is 134 cm³/mol. The van der Waals surface area contributed by atoms with Gasteiger partial charge in [-0.15, -0.1) is 0 Å². The number of benzene rings is 2. The van der Waals surface area contributed by atoms with Gasteiger partial charge in [-0.25, -0.2) is 0 Å².